The van der Waals surface area contributed by atoms with Crippen LogP contribution in [0.25, 0.3) is 11.8 Å². The summed E-state index contributed by atoms with van der Waals surface area (Å²) in [6.45, 7) is 4.12. The Morgan fingerprint density at radius 3 is 2.42 bits per heavy atom. The number of amides is 1. The zero-order chi connectivity index (χ0) is 23.5. The van der Waals surface area contributed by atoms with Crippen molar-refractivity contribution in [3.8, 4) is 22.9 Å². The highest BCUT2D eigenvalue weighted by Gasteiger charge is 2.25. The number of ether oxygens (including phenoxy) is 3. The maximum absolute atomic E-state index is 12.9. The van der Waals surface area contributed by atoms with Crippen molar-refractivity contribution in [1.29, 1.82) is 0 Å². The van der Waals surface area contributed by atoms with Crippen LogP contribution in [0.1, 0.15) is 27.9 Å². The van der Waals surface area contributed by atoms with Gasteiger partial charge in [0, 0.05) is 23.1 Å². The summed E-state index contributed by atoms with van der Waals surface area (Å²) in [6, 6.07) is 9.80. The van der Waals surface area contributed by atoms with Gasteiger partial charge in [0.1, 0.15) is 5.82 Å². The van der Waals surface area contributed by atoms with Crippen LogP contribution in [-0.2, 0) is 16.3 Å². The van der Waals surface area contributed by atoms with E-state index in [1.165, 1.54) is 11.6 Å². The number of anilines is 1. The second-order valence-corrected chi connectivity index (χ2v) is 8.74. The number of benzene rings is 2. The molecule has 0 radical (unpaired) electrons. The van der Waals surface area contributed by atoms with Crippen molar-refractivity contribution in [1.82, 2.24) is 9.78 Å². The van der Waals surface area contributed by atoms with Crippen LogP contribution in [0.5, 0.6) is 17.2 Å². The van der Waals surface area contributed by atoms with E-state index >= 15 is 0 Å². The average Bonchev–Trinajstić information content (AvgIpc) is 3.39. The van der Waals surface area contributed by atoms with Crippen LogP contribution in [0.2, 0.25) is 0 Å². The number of fused-ring (bicyclic) bond motifs is 1. The number of hydrogen-bond donors (Lipinski definition) is 1. The summed E-state index contributed by atoms with van der Waals surface area (Å²) < 4.78 is 18.0. The van der Waals surface area contributed by atoms with E-state index in [-0.39, 0.29) is 5.91 Å². The molecule has 1 aromatic heterocycles. The van der Waals surface area contributed by atoms with Crippen LogP contribution >= 0.6 is 11.8 Å². The molecular formula is C25H27N3O4S. The molecule has 0 saturated heterocycles. The van der Waals surface area contributed by atoms with Gasteiger partial charge >= 0.3 is 0 Å². The molecule has 0 fully saturated rings. The van der Waals surface area contributed by atoms with Crippen molar-refractivity contribution in [3.05, 3.63) is 64.4 Å². The van der Waals surface area contributed by atoms with Gasteiger partial charge in [-0.1, -0.05) is 17.7 Å². The number of carbonyl (C=O) groups excluding carboxylic acids is 1. The number of carbonyl (C=O) groups is 1. The fourth-order valence-corrected chi connectivity index (χ4v) is 4.92. The van der Waals surface area contributed by atoms with Gasteiger partial charge in [0.25, 0.3) is 0 Å². The lowest BCUT2D eigenvalue weighted by Gasteiger charge is -2.13. The Balaban J connectivity index is 1.63. The van der Waals surface area contributed by atoms with Gasteiger partial charge < -0.3 is 19.5 Å². The molecule has 0 unspecified atom stereocenters. The third-order valence-electron chi connectivity index (χ3n) is 5.49. The molecule has 3 aromatic rings. The summed E-state index contributed by atoms with van der Waals surface area (Å²) in [5, 5.41) is 7.85. The number of rotatable bonds is 7. The number of aryl methyl sites for hydroxylation is 2. The molecule has 0 atom stereocenters. The molecule has 2 aromatic carbocycles. The number of nitrogens with zero attached hydrogens (tertiary/aromatic N) is 2. The van der Waals surface area contributed by atoms with Crippen LogP contribution in [0.15, 0.2) is 36.4 Å². The molecule has 0 saturated carbocycles. The summed E-state index contributed by atoms with van der Waals surface area (Å²) in [4.78, 5) is 12.9. The van der Waals surface area contributed by atoms with E-state index in [0.717, 1.165) is 45.4 Å². The lowest BCUT2D eigenvalue weighted by atomic mass is 10.1. The van der Waals surface area contributed by atoms with Crippen molar-refractivity contribution in [2.24, 2.45) is 0 Å². The molecule has 172 valence electrons. The Kier molecular flexibility index (Phi) is 6.65. The lowest BCUT2D eigenvalue weighted by Crippen LogP contribution is -2.14. The minimum atomic E-state index is -0.241. The van der Waals surface area contributed by atoms with Crippen LogP contribution in [0.4, 0.5) is 5.82 Å². The van der Waals surface area contributed by atoms with E-state index in [1.54, 1.807) is 51.3 Å². The van der Waals surface area contributed by atoms with Gasteiger partial charge in [0.15, 0.2) is 11.5 Å². The second kappa shape index (κ2) is 9.62. The number of hydrogen-bond acceptors (Lipinski definition) is 6. The number of thioether (sulfide) groups is 1. The zero-order valence-electron chi connectivity index (χ0n) is 19.4. The van der Waals surface area contributed by atoms with Crippen LogP contribution in [0, 0.1) is 13.8 Å². The van der Waals surface area contributed by atoms with E-state index in [0.29, 0.717) is 17.2 Å². The summed E-state index contributed by atoms with van der Waals surface area (Å²) in [5.41, 5.74) is 6.10. The lowest BCUT2D eigenvalue weighted by molar-refractivity contribution is -0.111. The molecule has 1 aliphatic heterocycles. The first kappa shape index (κ1) is 22.8. The minimum absolute atomic E-state index is 0.241. The first-order valence-electron chi connectivity index (χ1n) is 10.5. The van der Waals surface area contributed by atoms with Gasteiger partial charge in [0.2, 0.25) is 11.7 Å². The Bertz CT molecular complexity index is 1210. The first-order valence-corrected chi connectivity index (χ1v) is 11.7. The molecule has 0 spiro atoms. The smallest absolute Gasteiger partial charge is 0.249 e. The van der Waals surface area contributed by atoms with Gasteiger partial charge in [-0.15, -0.1) is 0 Å². The van der Waals surface area contributed by atoms with Gasteiger partial charge in [-0.25, -0.2) is 4.68 Å². The molecule has 7 nitrogen and oxygen atoms in total. The summed E-state index contributed by atoms with van der Waals surface area (Å²) in [5.74, 6) is 3.71. The van der Waals surface area contributed by atoms with Crippen LogP contribution in [0.3, 0.4) is 0 Å². The highest BCUT2D eigenvalue weighted by molar-refractivity contribution is 7.98. The largest absolute Gasteiger partial charge is 0.493 e. The van der Waals surface area contributed by atoms with Gasteiger partial charge in [-0.3, -0.25) is 4.79 Å². The molecule has 2 heterocycles. The highest BCUT2D eigenvalue weighted by atomic mass is 32.2. The van der Waals surface area contributed by atoms with Gasteiger partial charge in [-0.2, -0.15) is 16.9 Å². The van der Waals surface area contributed by atoms with Gasteiger partial charge in [-0.05, 0) is 49.2 Å². The quantitative estimate of drug-likeness (QED) is 0.500. The molecule has 33 heavy (non-hydrogen) atoms. The van der Waals surface area contributed by atoms with E-state index < -0.39 is 0 Å². The molecule has 1 N–H and O–H groups in total. The average molecular weight is 466 g/mol. The highest BCUT2D eigenvalue weighted by Crippen LogP contribution is 2.39. The van der Waals surface area contributed by atoms with Gasteiger partial charge in [0.05, 0.1) is 32.7 Å². The molecule has 4 rings (SSSR count). The fourth-order valence-electron chi connectivity index (χ4n) is 3.89. The monoisotopic (exact) mass is 465 g/mol. The van der Waals surface area contributed by atoms with E-state index in [1.807, 2.05) is 10.7 Å². The molecule has 1 aliphatic rings. The van der Waals surface area contributed by atoms with Crippen molar-refractivity contribution >= 4 is 29.6 Å². The topological polar surface area (TPSA) is 74.6 Å². The standard InChI is InChI=1S/C25H27N3O4S/c1-15-6-8-20(16(2)10-15)28-25(18-13-33-14-19(18)27-28)26-23(29)9-7-17-11-21(30-3)24(32-5)22(12-17)31-4/h6-12H,13-14H2,1-5H3,(H,26,29). The Morgan fingerprint density at radius 1 is 1.06 bits per heavy atom. The van der Waals surface area contributed by atoms with E-state index in [4.69, 9.17) is 19.3 Å². The number of nitrogens with one attached hydrogen (secondary N) is 1. The predicted molar refractivity (Wildman–Crippen MR) is 132 cm³/mol. The third-order valence-corrected chi connectivity index (χ3v) is 6.46. The predicted octanol–water partition coefficient (Wildman–Crippen LogP) is 4.91. The zero-order valence-corrected chi connectivity index (χ0v) is 20.2. The van der Waals surface area contributed by atoms with E-state index in [2.05, 4.69) is 31.3 Å². The summed E-state index contributed by atoms with van der Waals surface area (Å²) >= 11 is 1.80. The van der Waals surface area contributed by atoms with Crippen molar-refractivity contribution in [3.63, 3.8) is 0 Å². The number of aromatic nitrogens is 2. The normalized spacial score (nSPS) is 12.6. The molecular weight excluding hydrogens is 438 g/mol. The summed E-state index contributed by atoms with van der Waals surface area (Å²) in [7, 11) is 4.67. The maximum Gasteiger partial charge on any atom is 0.249 e. The Morgan fingerprint density at radius 2 is 1.79 bits per heavy atom. The molecule has 8 heteroatoms. The van der Waals surface area contributed by atoms with E-state index in [9.17, 15) is 4.79 Å². The summed E-state index contributed by atoms with van der Waals surface area (Å²) in [6.07, 6.45) is 3.21. The van der Waals surface area contributed by atoms with Crippen molar-refractivity contribution in [2.45, 2.75) is 25.4 Å². The maximum atomic E-state index is 12.9. The molecule has 1 amide bonds. The second-order valence-electron chi connectivity index (χ2n) is 7.75. The SMILES string of the molecule is COc1cc(C=CC(=O)Nc2c3c(nn2-c2ccc(C)cc2C)CSC3)cc(OC)c1OC. The Hall–Kier alpha value is -3.39. The van der Waals surface area contributed by atoms with Crippen LogP contribution < -0.4 is 19.5 Å². The number of methoxy groups -OCH3 is 3. The first-order chi connectivity index (χ1) is 15.9. The third kappa shape index (κ3) is 4.57. The molecule has 0 bridgehead atoms. The van der Waals surface area contributed by atoms with Crippen molar-refractivity contribution < 1.29 is 19.0 Å². The minimum Gasteiger partial charge on any atom is -0.493 e. The Labute approximate surface area is 197 Å². The fraction of sp³-hybridized carbons (Fsp3) is 0.280. The van der Waals surface area contributed by atoms with Crippen LogP contribution in [-0.4, -0.2) is 37.0 Å². The van der Waals surface area contributed by atoms with Crippen molar-refractivity contribution in [2.75, 3.05) is 26.6 Å². The molecule has 0 aliphatic carbocycles.